The molecule has 7 nitrogen and oxygen atoms in total. The third-order valence-electron chi connectivity index (χ3n) is 4.47. The summed E-state index contributed by atoms with van der Waals surface area (Å²) in [5.74, 6) is 0.804. The van der Waals surface area contributed by atoms with Crippen LogP contribution in [0.3, 0.4) is 0 Å². The number of benzene rings is 3. The highest BCUT2D eigenvalue weighted by molar-refractivity contribution is 7.92. The van der Waals surface area contributed by atoms with Crippen molar-refractivity contribution in [2.75, 3.05) is 31.1 Å². The van der Waals surface area contributed by atoms with Gasteiger partial charge in [-0.3, -0.25) is 9.10 Å². The Kier molecular flexibility index (Phi) is 7.97. The van der Waals surface area contributed by atoms with Crippen LogP contribution in [0.1, 0.15) is 0 Å². The van der Waals surface area contributed by atoms with Crippen LogP contribution in [0.2, 0.25) is 5.02 Å². The molecule has 0 saturated carbocycles. The molecule has 3 aromatic carbocycles. The minimum Gasteiger partial charge on any atom is -0.497 e. The Morgan fingerprint density at radius 3 is 2.34 bits per heavy atom. The van der Waals surface area contributed by atoms with E-state index in [-0.39, 0.29) is 18.0 Å². The number of hydrogen-bond donors (Lipinski definition) is 1. The van der Waals surface area contributed by atoms with Crippen molar-refractivity contribution < 1.29 is 22.7 Å². The van der Waals surface area contributed by atoms with Crippen LogP contribution in [-0.4, -0.2) is 41.1 Å². The summed E-state index contributed by atoms with van der Waals surface area (Å²) in [6.45, 7) is 0.0270. The molecule has 0 fully saturated rings. The van der Waals surface area contributed by atoms with E-state index in [2.05, 4.69) is 5.32 Å². The molecule has 1 N–H and O–H groups in total. The number of halogens is 1. The monoisotopic (exact) mass is 474 g/mol. The smallest absolute Gasteiger partial charge is 0.264 e. The molecule has 0 unspecified atom stereocenters. The van der Waals surface area contributed by atoms with Gasteiger partial charge in [0.1, 0.15) is 24.7 Å². The molecule has 9 heteroatoms. The van der Waals surface area contributed by atoms with E-state index in [1.807, 2.05) is 0 Å². The van der Waals surface area contributed by atoms with Crippen LogP contribution in [0.5, 0.6) is 11.5 Å². The standard InChI is InChI=1S/C23H23ClN2O5S/c1-30-20-6-5-7-21(16-20)31-15-14-25-23(27)17-26(19-12-10-18(24)11-13-19)32(28,29)22-8-3-2-4-9-22/h2-13,16H,14-15,17H2,1H3,(H,25,27). The van der Waals surface area contributed by atoms with Gasteiger partial charge in [0.25, 0.3) is 10.0 Å². The molecule has 168 valence electrons. The number of methoxy groups -OCH3 is 1. The van der Waals surface area contributed by atoms with Gasteiger partial charge in [0, 0.05) is 11.1 Å². The average molecular weight is 475 g/mol. The van der Waals surface area contributed by atoms with Crippen molar-refractivity contribution in [1.82, 2.24) is 5.32 Å². The maximum atomic E-state index is 13.2. The molecule has 3 aromatic rings. The number of carbonyl (C=O) groups excluding carboxylic acids is 1. The molecular weight excluding hydrogens is 452 g/mol. The largest absolute Gasteiger partial charge is 0.497 e. The van der Waals surface area contributed by atoms with Crippen LogP contribution in [-0.2, 0) is 14.8 Å². The van der Waals surface area contributed by atoms with Crippen molar-refractivity contribution >= 4 is 33.2 Å². The van der Waals surface area contributed by atoms with Crippen molar-refractivity contribution in [3.8, 4) is 11.5 Å². The van der Waals surface area contributed by atoms with Crippen molar-refractivity contribution in [1.29, 1.82) is 0 Å². The van der Waals surface area contributed by atoms with Gasteiger partial charge in [-0.05, 0) is 48.5 Å². The summed E-state index contributed by atoms with van der Waals surface area (Å²) in [4.78, 5) is 12.7. The van der Waals surface area contributed by atoms with Gasteiger partial charge in [0.2, 0.25) is 5.91 Å². The van der Waals surface area contributed by atoms with E-state index in [0.29, 0.717) is 22.2 Å². The number of nitrogens with zero attached hydrogens (tertiary/aromatic N) is 1. The quantitative estimate of drug-likeness (QED) is 0.452. The molecule has 0 aromatic heterocycles. The average Bonchev–Trinajstić information content (AvgIpc) is 2.81. The summed E-state index contributed by atoms with van der Waals surface area (Å²) in [7, 11) is -2.39. The van der Waals surface area contributed by atoms with E-state index < -0.39 is 22.5 Å². The second-order valence-corrected chi connectivity index (χ2v) is 8.98. The molecule has 1 amide bonds. The summed E-state index contributed by atoms with van der Waals surface area (Å²) in [5, 5.41) is 3.15. The van der Waals surface area contributed by atoms with Crippen LogP contribution < -0.4 is 19.1 Å². The maximum absolute atomic E-state index is 13.2. The highest BCUT2D eigenvalue weighted by Gasteiger charge is 2.27. The Morgan fingerprint density at radius 2 is 1.66 bits per heavy atom. The molecule has 32 heavy (non-hydrogen) atoms. The zero-order chi connectivity index (χ0) is 23.0. The van der Waals surface area contributed by atoms with Crippen LogP contribution in [0.25, 0.3) is 0 Å². The maximum Gasteiger partial charge on any atom is 0.264 e. The molecule has 3 rings (SSSR count). The molecule has 0 saturated heterocycles. The predicted octanol–water partition coefficient (Wildman–Crippen LogP) is 3.74. The van der Waals surface area contributed by atoms with Crippen molar-refractivity contribution in [2.45, 2.75) is 4.90 Å². The topological polar surface area (TPSA) is 84.9 Å². The number of ether oxygens (including phenoxy) is 2. The zero-order valence-corrected chi connectivity index (χ0v) is 19.0. The normalized spacial score (nSPS) is 10.9. The predicted molar refractivity (Wildman–Crippen MR) is 124 cm³/mol. The summed E-state index contributed by atoms with van der Waals surface area (Å²) < 4.78 is 38.2. The van der Waals surface area contributed by atoms with Crippen LogP contribution in [0, 0.1) is 0 Å². The van der Waals surface area contributed by atoms with Gasteiger partial charge in [-0.25, -0.2) is 8.42 Å². The van der Waals surface area contributed by atoms with Gasteiger partial charge in [0.05, 0.1) is 24.2 Å². The van der Waals surface area contributed by atoms with Gasteiger partial charge in [-0.1, -0.05) is 35.9 Å². The first-order chi connectivity index (χ1) is 15.4. The second kappa shape index (κ2) is 10.9. The number of carbonyl (C=O) groups is 1. The summed E-state index contributed by atoms with van der Waals surface area (Å²) in [6, 6.07) is 21.3. The third-order valence-corrected chi connectivity index (χ3v) is 6.51. The lowest BCUT2D eigenvalue weighted by Gasteiger charge is -2.24. The minimum absolute atomic E-state index is 0.0871. The Bertz CT molecular complexity index is 1140. The molecule has 0 atom stereocenters. The fraction of sp³-hybridized carbons (Fsp3) is 0.174. The van der Waals surface area contributed by atoms with Crippen LogP contribution in [0.4, 0.5) is 5.69 Å². The number of nitrogens with one attached hydrogen (secondary N) is 1. The van der Waals surface area contributed by atoms with Gasteiger partial charge >= 0.3 is 0 Å². The first-order valence-corrected chi connectivity index (χ1v) is 11.6. The SMILES string of the molecule is COc1cccc(OCCNC(=O)CN(c2ccc(Cl)cc2)S(=O)(=O)c2ccccc2)c1. The fourth-order valence-corrected chi connectivity index (χ4v) is 4.45. The lowest BCUT2D eigenvalue weighted by atomic mass is 10.3. The zero-order valence-electron chi connectivity index (χ0n) is 17.4. The number of hydrogen-bond acceptors (Lipinski definition) is 5. The van der Waals surface area contributed by atoms with E-state index in [1.54, 1.807) is 73.8 Å². The summed E-state index contributed by atoms with van der Waals surface area (Å²) >= 11 is 5.94. The Morgan fingerprint density at radius 1 is 0.969 bits per heavy atom. The molecule has 0 spiro atoms. The van der Waals surface area contributed by atoms with Crippen molar-refractivity contribution in [3.05, 3.63) is 83.9 Å². The number of sulfonamides is 1. The number of anilines is 1. The third kappa shape index (κ3) is 6.15. The lowest BCUT2D eigenvalue weighted by molar-refractivity contribution is -0.119. The summed E-state index contributed by atoms with van der Waals surface area (Å²) in [6.07, 6.45) is 0. The first kappa shape index (κ1) is 23.4. The van der Waals surface area contributed by atoms with E-state index in [9.17, 15) is 13.2 Å². The Labute approximate surface area is 192 Å². The fourth-order valence-electron chi connectivity index (χ4n) is 2.88. The van der Waals surface area contributed by atoms with E-state index in [4.69, 9.17) is 21.1 Å². The first-order valence-electron chi connectivity index (χ1n) is 9.77. The van der Waals surface area contributed by atoms with E-state index in [1.165, 1.54) is 12.1 Å². The molecular formula is C23H23ClN2O5S. The van der Waals surface area contributed by atoms with Gasteiger partial charge in [-0.2, -0.15) is 0 Å². The van der Waals surface area contributed by atoms with E-state index in [0.717, 1.165) is 4.31 Å². The minimum atomic E-state index is -3.96. The number of amides is 1. The number of rotatable bonds is 10. The second-order valence-electron chi connectivity index (χ2n) is 6.68. The van der Waals surface area contributed by atoms with Gasteiger partial charge < -0.3 is 14.8 Å². The van der Waals surface area contributed by atoms with Gasteiger partial charge in [0.15, 0.2) is 0 Å². The highest BCUT2D eigenvalue weighted by Crippen LogP contribution is 2.25. The van der Waals surface area contributed by atoms with E-state index >= 15 is 0 Å². The molecule has 0 radical (unpaired) electrons. The van der Waals surface area contributed by atoms with Crippen molar-refractivity contribution in [3.63, 3.8) is 0 Å². The summed E-state index contributed by atoms with van der Waals surface area (Å²) in [5.41, 5.74) is 0.334. The van der Waals surface area contributed by atoms with Crippen molar-refractivity contribution in [2.24, 2.45) is 0 Å². The molecule has 0 heterocycles. The Balaban J connectivity index is 1.66. The lowest BCUT2D eigenvalue weighted by Crippen LogP contribution is -2.41. The molecule has 0 aliphatic heterocycles. The molecule has 0 aliphatic carbocycles. The van der Waals surface area contributed by atoms with Crippen LogP contribution >= 0.6 is 11.6 Å². The molecule has 0 bridgehead atoms. The molecule has 0 aliphatic rings. The Hall–Kier alpha value is -3.23. The highest BCUT2D eigenvalue weighted by atomic mass is 35.5. The van der Waals surface area contributed by atoms with Gasteiger partial charge in [-0.15, -0.1) is 0 Å². The van der Waals surface area contributed by atoms with Crippen LogP contribution in [0.15, 0.2) is 83.8 Å².